The summed E-state index contributed by atoms with van der Waals surface area (Å²) < 4.78 is 10.8. The topological polar surface area (TPSA) is 52.6 Å². The number of allylic oxidation sites excluding steroid dienone is 4. The largest absolute Gasteiger partial charge is 0.462 e. The Morgan fingerprint density at radius 1 is 0.769 bits per heavy atom. The Balaban J connectivity index is 2.44. The van der Waals surface area contributed by atoms with Gasteiger partial charge in [-0.3, -0.25) is 0 Å². The molecule has 0 N–H and O–H groups in total. The molecule has 0 saturated heterocycles. The quantitative estimate of drug-likeness (QED) is 0.264. The minimum absolute atomic E-state index is 0.337. The molecule has 1 aliphatic carbocycles. The average molecular weight is 363 g/mol. The van der Waals surface area contributed by atoms with Crippen LogP contribution in [0.25, 0.3) is 0 Å². The lowest BCUT2D eigenvalue weighted by molar-refractivity contribution is -0.143. The van der Waals surface area contributed by atoms with E-state index in [2.05, 4.69) is 12.2 Å². The van der Waals surface area contributed by atoms with Crippen LogP contribution in [-0.4, -0.2) is 25.2 Å². The van der Waals surface area contributed by atoms with Crippen molar-refractivity contribution in [3.05, 3.63) is 35.5 Å². The van der Waals surface area contributed by atoms with E-state index in [4.69, 9.17) is 9.47 Å². The highest BCUT2D eigenvalue weighted by Gasteiger charge is 2.25. The van der Waals surface area contributed by atoms with Gasteiger partial charge in [0.25, 0.3) is 0 Å². The maximum absolute atomic E-state index is 12.3. The fraction of sp³-hybridized carbons (Fsp3) is 0.636. The van der Waals surface area contributed by atoms with Crippen LogP contribution in [0, 0.1) is 0 Å². The van der Waals surface area contributed by atoms with E-state index in [0.29, 0.717) is 37.2 Å². The van der Waals surface area contributed by atoms with Crippen molar-refractivity contribution in [3.63, 3.8) is 0 Å². The third-order valence-electron chi connectivity index (χ3n) is 4.43. The van der Waals surface area contributed by atoms with E-state index in [0.717, 1.165) is 51.4 Å². The van der Waals surface area contributed by atoms with Crippen LogP contribution < -0.4 is 0 Å². The Hall–Kier alpha value is -1.84. The first-order valence-electron chi connectivity index (χ1n) is 9.99. The van der Waals surface area contributed by atoms with Gasteiger partial charge in [0.05, 0.1) is 13.2 Å². The molecule has 0 radical (unpaired) electrons. The first-order chi connectivity index (χ1) is 12.7. The molecule has 0 saturated carbocycles. The van der Waals surface area contributed by atoms with Crippen LogP contribution in [0.5, 0.6) is 0 Å². The molecule has 0 aromatic carbocycles. The lowest BCUT2D eigenvalue weighted by Crippen LogP contribution is -2.20. The van der Waals surface area contributed by atoms with E-state index in [-0.39, 0.29) is 11.9 Å². The van der Waals surface area contributed by atoms with Crippen molar-refractivity contribution in [2.75, 3.05) is 13.2 Å². The number of hydrogen-bond acceptors (Lipinski definition) is 4. The molecule has 1 aliphatic rings. The van der Waals surface area contributed by atoms with E-state index in [1.54, 1.807) is 0 Å². The summed E-state index contributed by atoms with van der Waals surface area (Å²) in [6, 6.07) is 0. The van der Waals surface area contributed by atoms with Crippen LogP contribution in [0.3, 0.4) is 0 Å². The van der Waals surface area contributed by atoms with E-state index in [1.807, 2.05) is 26.0 Å². The Labute approximate surface area is 158 Å². The van der Waals surface area contributed by atoms with Gasteiger partial charge in [0.1, 0.15) is 0 Å². The SMILES string of the molecule is C/C=C/CCCCOC(=O)C1=C(C(=O)OCCCC/C=C/C)CCCC1. The highest BCUT2D eigenvalue weighted by atomic mass is 16.5. The minimum Gasteiger partial charge on any atom is -0.462 e. The van der Waals surface area contributed by atoms with E-state index < -0.39 is 0 Å². The molecule has 0 unspecified atom stereocenters. The lowest BCUT2D eigenvalue weighted by Gasteiger charge is -2.18. The van der Waals surface area contributed by atoms with Crippen molar-refractivity contribution in [3.8, 4) is 0 Å². The molecule has 0 aromatic heterocycles. The average Bonchev–Trinajstić information content (AvgIpc) is 2.67. The molecule has 146 valence electrons. The van der Waals surface area contributed by atoms with Gasteiger partial charge in [-0.1, -0.05) is 24.3 Å². The summed E-state index contributed by atoms with van der Waals surface area (Å²) in [7, 11) is 0. The fourth-order valence-corrected chi connectivity index (χ4v) is 2.92. The van der Waals surface area contributed by atoms with E-state index in [1.165, 1.54) is 0 Å². The molecule has 4 nitrogen and oxygen atoms in total. The molecular formula is C22H34O4. The summed E-state index contributed by atoms with van der Waals surface area (Å²) in [5, 5.41) is 0. The molecular weight excluding hydrogens is 328 g/mol. The molecule has 0 spiro atoms. The number of hydrogen-bond donors (Lipinski definition) is 0. The zero-order chi connectivity index (χ0) is 19.0. The summed E-state index contributed by atoms with van der Waals surface area (Å²) in [4.78, 5) is 24.7. The Morgan fingerprint density at radius 3 is 1.58 bits per heavy atom. The van der Waals surface area contributed by atoms with Crippen LogP contribution in [0.2, 0.25) is 0 Å². The molecule has 0 bridgehead atoms. The first-order valence-corrected chi connectivity index (χ1v) is 9.99. The molecule has 4 heteroatoms. The monoisotopic (exact) mass is 362 g/mol. The van der Waals surface area contributed by atoms with Crippen LogP contribution in [0.15, 0.2) is 35.5 Å². The first kappa shape index (κ1) is 22.2. The second kappa shape index (κ2) is 14.3. The molecule has 0 heterocycles. The predicted octanol–water partition coefficient (Wildman–Crippen LogP) is 5.44. The molecule has 26 heavy (non-hydrogen) atoms. The summed E-state index contributed by atoms with van der Waals surface area (Å²) in [6.07, 6.45) is 17.0. The van der Waals surface area contributed by atoms with Crippen LogP contribution in [0.1, 0.15) is 78.1 Å². The van der Waals surface area contributed by atoms with E-state index in [9.17, 15) is 9.59 Å². The summed E-state index contributed by atoms with van der Waals surface area (Å²) in [6.45, 7) is 4.82. The summed E-state index contributed by atoms with van der Waals surface area (Å²) >= 11 is 0. The standard InChI is InChI=1S/C22H34O4/c1-3-5-7-9-13-17-25-21(23)19-15-11-12-16-20(19)22(24)26-18-14-10-8-6-4-2/h3-6H,7-18H2,1-2H3/b5-3+,6-4+. The Morgan fingerprint density at radius 2 is 1.19 bits per heavy atom. The van der Waals surface area contributed by atoms with Crippen LogP contribution in [-0.2, 0) is 19.1 Å². The fourth-order valence-electron chi connectivity index (χ4n) is 2.92. The van der Waals surface area contributed by atoms with Crippen molar-refractivity contribution in [1.82, 2.24) is 0 Å². The summed E-state index contributed by atoms with van der Waals surface area (Å²) in [5.74, 6) is -0.675. The second-order valence-electron chi connectivity index (χ2n) is 6.57. The van der Waals surface area contributed by atoms with E-state index >= 15 is 0 Å². The smallest absolute Gasteiger partial charge is 0.334 e. The maximum atomic E-state index is 12.3. The third kappa shape index (κ3) is 9.02. The zero-order valence-electron chi connectivity index (χ0n) is 16.4. The number of unbranched alkanes of at least 4 members (excludes halogenated alkanes) is 4. The molecule has 0 fully saturated rings. The van der Waals surface area contributed by atoms with Crippen molar-refractivity contribution in [2.24, 2.45) is 0 Å². The minimum atomic E-state index is -0.337. The van der Waals surface area contributed by atoms with Gasteiger partial charge in [-0.25, -0.2) is 9.59 Å². The number of rotatable bonds is 12. The van der Waals surface area contributed by atoms with Crippen LogP contribution in [0.4, 0.5) is 0 Å². The highest BCUT2D eigenvalue weighted by molar-refractivity contribution is 6.00. The van der Waals surface area contributed by atoms with Gasteiger partial charge >= 0.3 is 11.9 Å². The summed E-state index contributed by atoms with van der Waals surface area (Å²) in [5.41, 5.74) is 1.06. The highest BCUT2D eigenvalue weighted by Crippen LogP contribution is 2.27. The van der Waals surface area contributed by atoms with Gasteiger partial charge < -0.3 is 9.47 Å². The van der Waals surface area contributed by atoms with Gasteiger partial charge in [0.2, 0.25) is 0 Å². The Kier molecular flexibility index (Phi) is 12.2. The number of ether oxygens (including phenoxy) is 2. The van der Waals surface area contributed by atoms with Crippen molar-refractivity contribution < 1.29 is 19.1 Å². The molecule has 0 aromatic rings. The van der Waals surface area contributed by atoms with Crippen molar-refractivity contribution >= 4 is 11.9 Å². The van der Waals surface area contributed by atoms with Crippen molar-refractivity contribution in [2.45, 2.75) is 78.1 Å². The zero-order valence-corrected chi connectivity index (χ0v) is 16.4. The van der Waals surface area contributed by atoms with Gasteiger partial charge in [-0.2, -0.15) is 0 Å². The van der Waals surface area contributed by atoms with Gasteiger partial charge in [-0.15, -0.1) is 0 Å². The normalized spacial score (nSPS) is 15.0. The van der Waals surface area contributed by atoms with Gasteiger partial charge in [0, 0.05) is 11.1 Å². The van der Waals surface area contributed by atoms with Gasteiger partial charge in [0.15, 0.2) is 0 Å². The predicted molar refractivity (Wildman–Crippen MR) is 105 cm³/mol. The van der Waals surface area contributed by atoms with Gasteiger partial charge in [-0.05, 0) is 78.1 Å². The number of esters is 2. The number of carbonyl (C=O) groups excluding carboxylic acids is 2. The molecule has 1 rings (SSSR count). The molecule has 0 aliphatic heterocycles. The second-order valence-corrected chi connectivity index (χ2v) is 6.57. The molecule has 0 atom stereocenters. The molecule has 0 amide bonds. The lowest BCUT2D eigenvalue weighted by atomic mass is 9.92. The van der Waals surface area contributed by atoms with Crippen LogP contribution >= 0.6 is 0 Å². The third-order valence-corrected chi connectivity index (χ3v) is 4.43. The maximum Gasteiger partial charge on any atom is 0.334 e. The Bertz CT molecular complexity index is 468. The van der Waals surface area contributed by atoms with Crippen molar-refractivity contribution in [1.29, 1.82) is 0 Å². The number of carbonyl (C=O) groups is 2.